The molecule has 0 radical (unpaired) electrons. The predicted molar refractivity (Wildman–Crippen MR) is 77.1 cm³/mol. The zero-order valence-corrected chi connectivity index (χ0v) is 11.3. The second-order valence-electron chi connectivity index (χ2n) is 4.07. The Bertz CT molecular complexity index is 506. The van der Waals surface area contributed by atoms with Gasteiger partial charge >= 0.3 is 0 Å². The van der Waals surface area contributed by atoms with Crippen molar-refractivity contribution in [2.75, 3.05) is 11.1 Å². The van der Waals surface area contributed by atoms with Gasteiger partial charge in [-0.05, 0) is 42.3 Å². The van der Waals surface area contributed by atoms with Gasteiger partial charge in [0.2, 0.25) is 0 Å². The summed E-state index contributed by atoms with van der Waals surface area (Å²) < 4.78 is 1.09. The number of hydrogen-bond acceptors (Lipinski definition) is 2. The van der Waals surface area contributed by atoms with Crippen LogP contribution in [-0.2, 0) is 6.54 Å². The predicted octanol–water partition coefficient (Wildman–Crippen LogP) is 3.95. The van der Waals surface area contributed by atoms with E-state index in [-0.39, 0.29) is 0 Å². The number of aryl methyl sites for hydroxylation is 1. The van der Waals surface area contributed by atoms with Gasteiger partial charge in [0.05, 0.1) is 11.4 Å². The Morgan fingerprint density at radius 3 is 2.47 bits per heavy atom. The third kappa shape index (κ3) is 3.24. The molecular weight excluding hydrogens is 276 g/mol. The third-order valence-corrected chi connectivity index (χ3v) is 3.13. The highest BCUT2D eigenvalue weighted by molar-refractivity contribution is 9.10. The molecule has 0 unspecified atom stereocenters. The molecule has 0 heterocycles. The first-order valence-electron chi connectivity index (χ1n) is 5.49. The van der Waals surface area contributed by atoms with E-state index in [1.165, 1.54) is 11.1 Å². The maximum absolute atomic E-state index is 5.94. The minimum atomic E-state index is 0.778. The zero-order valence-electron chi connectivity index (χ0n) is 9.70. The van der Waals surface area contributed by atoms with Crippen molar-refractivity contribution < 1.29 is 0 Å². The monoisotopic (exact) mass is 290 g/mol. The molecule has 0 aromatic heterocycles. The van der Waals surface area contributed by atoms with E-state index >= 15 is 0 Å². The molecule has 2 aromatic rings. The molecule has 2 aromatic carbocycles. The number of nitrogen functional groups attached to an aromatic ring is 1. The quantitative estimate of drug-likeness (QED) is 0.840. The molecule has 0 saturated carbocycles. The molecule has 0 spiro atoms. The van der Waals surface area contributed by atoms with Crippen molar-refractivity contribution in [1.82, 2.24) is 0 Å². The van der Waals surface area contributed by atoms with Crippen LogP contribution >= 0.6 is 15.9 Å². The van der Waals surface area contributed by atoms with Crippen LogP contribution in [0.2, 0.25) is 0 Å². The zero-order chi connectivity index (χ0) is 12.3. The lowest BCUT2D eigenvalue weighted by Gasteiger charge is -2.10. The first kappa shape index (κ1) is 12.0. The topological polar surface area (TPSA) is 38.0 Å². The number of hydrogen-bond donors (Lipinski definition) is 2. The first-order chi connectivity index (χ1) is 8.15. The van der Waals surface area contributed by atoms with Gasteiger partial charge in [-0.1, -0.05) is 34.1 Å². The average Bonchev–Trinajstić information content (AvgIpc) is 2.30. The second-order valence-corrected chi connectivity index (χ2v) is 4.99. The van der Waals surface area contributed by atoms with Crippen LogP contribution < -0.4 is 11.1 Å². The standard InChI is InChI=1S/C14H15BrN2/c1-10-2-7-14(13(16)8-10)17-9-11-3-5-12(15)6-4-11/h2-8,17H,9,16H2,1H3. The number of benzene rings is 2. The van der Waals surface area contributed by atoms with Crippen LogP contribution in [0.5, 0.6) is 0 Å². The van der Waals surface area contributed by atoms with Gasteiger partial charge in [-0.2, -0.15) is 0 Å². The molecule has 2 nitrogen and oxygen atoms in total. The fraction of sp³-hybridized carbons (Fsp3) is 0.143. The fourth-order valence-electron chi connectivity index (χ4n) is 1.64. The van der Waals surface area contributed by atoms with Crippen LogP contribution in [0.1, 0.15) is 11.1 Å². The molecule has 0 bridgehead atoms. The highest BCUT2D eigenvalue weighted by Gasteiger charge is 1.99. The Morgan fingerprint density at radius 1 is 1.12 bits per heavy atom. The molecule has 0 aliphatic carbocycles. The Labute approximate surface area is 110 Å². The van der Waals surface area contributed by atoms with E-state index < -0.39 is 0 Å². The van der Waals surface area contributed by atoms with Gasteiger partial charge in [-0.3, -0.25) is 0 Å². The molecule has 0 aliphatic heterocycles. The van der Waals surface area contributed by atoms with Crippen molar-refractivity contribution in [2.45, 2.75) is 13.5 Å². The second kappa shape index (κ2) is 5.23. The summed E-state index contributed by atoms with van der Waals surface area (Å²) in [6.45, 7) is 2.81. The summed E-state index contributed by atoms with van der Waals surface area (Å²) in [6, 6.07) is 14.3. The molecule has 0 aliphatic rings. The Balaban J connectivity index is 2.04. The first-order valence-corrected chi connectivity index (χ1v) is 6.29. The van der Waals surface area contributed by atoms with Crippen molar-refractivity contribution in [2.24, 2.45) is 0 Å². The Kier molecular flexibility index (Phi) is 3.69. The van der Waals surface area contributed by atoms with Gasteiger partial charge in [-0.25, -0.2) is 0 Å². The van der Waals surface area contributed by atoms with E-state index in [0.717, 1.165) is 22.4 Å². The summed E-state index contributed by atoms with van der Waals surface area (Å²) in [5.41, 5.74) is 10.1. The van der Waals surface area contributed by atoms with Gasteiger partial charge in [-0.15, -0.1) is 0 Å². The van der Waals surface area contributed by atoms with Gasteiger partial charge < -0.3 is 11.1 Å². The van der Waals surface area contributed by atoms with E-state index in [4.69, 9.17) is 5.73 Å². The maximum atomic E-state index is 5.94. The number of nitrogens with one attached hydrogen (secondary N) is 1. The number of rotatable bonds is 3. The van der Waals surface area contributed by atoms with Crippen LogP contribution in [0.4, 0.5) is 11.4 Å². The Morgan fingerprint density at radius 2 is 1.82 bits per heavy atom. The molecule has 0 saturated heterocycles. The SMILES string of the molecule is Cc1ccc(NCc2ccc(Br)cc2)c(N)c1. The van der Waals surface area contributed by atoms with Gasteiger partial charge in [0.1, 0.15) is 0 Å². The van der Waals surface area contributed by atoms with Gasteiger partial charge in [0.15, 0.2) is 0 Å². The number of nitrogens with two attached hydrogens (primary N) is 1. The molecule has 3 N–H and O–H groups in total. The molecular formula is C14H15BrN2. The van der Waals surface area contributed by atoms with Crippen LogP contribution in [0.25, 0.3) is 0 Å². The van der Waals surface area contributed by atoms with Crippen LogP contribution in [0.15, 0.2) is 46.9 Å². The van der Waals surface area contributed by atoms with E-state index in [1.807, 2.05) is 31.2 Å². The molecule has 0 amide bonds. The van der Waals surface area contributed by atoms with Crippen LogP contribution in [-0.4, -0.2) is 0 Å². The fourth-order valence-corrected chi connectivity index (χ4v) is 1.91. The van der Waals surface area contributed by atoms with Crippen molar-refractivity contribution >= 4 is 27.3 Å². The van der Waals surface area contributed by atoms with Crippen LogP contribution in [0.3, 0.4) is 0 Å². The lowest BCUT2D eigenvalue weighted by atomic mass is 10.2. The normalized spacial score (nSPS) is 10.2. The minimum Gasteiger partial charge on any atom is -0.397 e. The van der Waals surface area contributed by atoms with Gasteiger partial charge in [0, 0.05) is 11.0 Å². The summed E-state index contributed by atoms with van der Waals surface area (Å²) in [5, 5.41) is 3.34. The van der Waals surface area contributed by atoms with E-state index in [9.17, 15) is 0 Å². The molecule has 17 heavy (non-hydrogen) atoms. The lowest BCUT2D eigenvalue weighted by molar-refractivity contribution is 1.15. The molecule has 0 fully saturated rings. The summed E-state index contributed by atoms with van der Waals surface area (Å²) in [7, 11) is 0. The minimum absolute atomic E-state index is 0.778. The van der Waals surface area contributed by atoms with Crippen molar-refractivity contribution in [3.05, 3.63) is 58.1 Å². The molecule has 2 rings (SSSR count). The van der Waals surface area contributed by atoms with Crippen molar-refractivity contribution in [3.8, 4) is 0 Å². The summed E-state index contributed by atoms with van der Waals surface area (Å²) >= 11 is 3.42. The molecule has 3 heteroatoms. The van der Waals surface area contributed by atoms with Gasteiger partial charge in [0.25, 0.3) is 0 Å². The maximum Gasteiger partial charge on any atom is 0.0576 e. The molecule has 88 valence electrons. The summed E-state index contributed by atoms with van der Waals surface area (Å²) in [6.07, 6.45) is 0. The molecule has 0 atom stereocenters. The largest absolute Gasteiger partial charge is 0.397 e. The Hall–Kier alpha value is -1.48. The summed E-state index contributed by atoms with van der Waals surface area (Å²) in [4.78, 5) is 0. The van der Waals surface area contributed by atoms with Crippen molar-refractivity contribution in [1.29, 1.82) is 0 Å². The highest BCUT2D eigenvalue weighted by Crippen LogP contribution is 2.20. The van der Waals surface area contributed by atoms with E-state index in [1.54, 1.807) is 0 Å². The number of halogens is 1. The smallest absolute Gasteiger partial charge is 0.0576 e. The summed E-state index contributed by atoms with van der Waals surface area (Å²) in [5.74, 6) is 0. The number of anilines is 2. The highest BCUT2D eigenvalue weighted by atomic mass is 79.9. The van der Waals surface area contributed by atoms with Crippen LogP contribution in [0, 0.1) is 6.92 Å². The lowest BCUT2D eigenvalue weighted by Crippen LogP contribution is -2.02. The van der Waals surface area contributed by atoms with E-state index in [0.29, 0.717) is 0 Å². The third-order valence-electron chi connectivity index (χ3n) is 2.60. The average molecular weight is 291 g/mol. The van der Waals surface area contributed by atoms with Crippen molar-refractivity contribution in [3.63, 3.8) is 0 Å². The van der Waals surface area contributed by atoms with E-state index in [2.05, 4.69) is 39.4 Å².